The molecule has 0 aromatic carbocycles. The molecular weight excluding hydrogens is 250 g/mol. The molecule has 6 heteroatoms. The summed E-state index contributed by atoms with van der Waals surface area (Å²) in [7, 11) is 2.15. The van der Waals surface area contributed by atoms with Gasteiger partial charge < -0.3 is 15.5 Å². The van der Waals surface area contributed by atoms with E-state index in [0.717, 1.165) is 49.9 Å². The number of hydrogen-bond donors (Lipinski definition) is 1. The molecule has 0 radical (unpaired) electrons. The van der Waals surface area contributed by atoms with E-state index in [1.807, 2.05) is 13.0 Å². The lowest BCUT2D eigenvalue weighted by atomic mass is 10.2. The van der Waals surface area contributed by atoms with E-state index in [1.54, 1.807) is 0 Å². The minimum Gasteiger partial charge on any atom is -0.338 e. The zero-order valence-corrected chi connectivity index (χ0v) is 11.9. The van der Waals surface area contributed by atoms with Gasteiger partial charge in [0.05, 0.1) is 0 Å². The molecule has 0 aliphatic carbocycles. The molecular formula is C12H22ClN5. The van der Waals surface area contributed by atoms with E-state index < -0.39 is 0 Å². The highest BCUT2D eigenvalue weighted by atomic mass is 35.5. The minimum absolute atomic E-state index is 0. The molecule has 0 bridgehead atoms. The van der Waals surface area contributed by atoms with Gasteiger partial charge in [0.25, 0.3) is 0 Å². The lowest BCUT2D eigenvalue weighted by Crippen LogP contribution is -2.45. The summed E-state index contributed by atoms with van der Waals surface area (Å²) in [5.41, 5.74) is 7.65. The van der Waals surface area contributed by atoms with Crippen LogP contribution in [0, 0.1) is 6.92 Å². The first-order valence-corrected chi connectivity index (χ1v) is 6.17. The van der Waals surface area contributed by atoms with Gasteiger partial charge in [0, 0.05) is 44.0 Å². The number of likely N-dealkylation sites (N-methyl/N-ethyl adjacent to an activating group) is 1. The Labute approximate surface area is 115 Å². The summed E-state index contributed by atoms with van der Waals surface area (Å²) in [6.45, 7) is 6.80. The smallest absolute Gasteiger partial charge is 0.225 e. The lowest BCUT2D eigenvalue weighted by Gasteiger charge is -2.32. The van der Waals surface area contributed by atoms with Gasteiger partial charge in [0.2, 0.25) is 5.95 Å². The molecule has 0 saturated carbocycles. The molecule has 1 fully saturated rings. The van der Waals surface area contributed by atoms with Crippen molar-refractivity contribution in [2.75, 3.05) is 44.7 Å². The van der Waals surface area contributed by atoms with Crippen molar-refractivity contribution in [2.45, 2.75) is 13.3 Å². The quantitative estimate of drug-likeness (QED) is 0.866. The van der Waals surface area contributed by atoms with Crippen LogP contribution in [0.4, 0.5) is 5.95 Å². The number of halogens is 1. The molecule has 2 heterocycles. The monoisotopic (exact) mass is 271 g/mol. The molecule has 5 nitrogen and oxygen atoms in total. The van der Waals surface area contributed by atoms with E-state index in [0.29, 0.717) is 6.54 Å². The molecule has 0 spiro atoms. The van der Waals surface area contributed by atoms with Crippen molar-refractivity contribution in [1.29, 1.82) is 0 Å². The molecule has 1 aromatic heterocycles. The van der Waals surface area contributed by atoms with Crippen LogP contribution >= 0.6 is 12.4 Å². The van der Waals surface area contributed by atoms with Gasteiger partial charge in [0.1, 0.15) is 0 Å². The van der Waals surface area contributed by atoms with E-state index in [-0.39, 0.29) is 12.4 Å². The Morgan fingerprint density at radius 3 is 2.50 bits per heavy atom. The maximum Gasteiger partial charge on any atom is 0.225 e. The maximum atomic E-state index is 5.58. The molecule has 1 aliphatic rings. The fourth-order valence-electron chi connectivity index (χ4n) is 2.04. The van der Waals surface area contributed by atoms with Crippen LogP contribution in [0.3, 0.4) is 0 Å². The minimum atomic E-state index is 0. The Kier molecular flexibility index (Phi) is 5.78. The first kappa shape index (κ1) is 15.1. The summed E-state index contributed by atoms with van der Waals surface area (Å²) in [5.74, 6) is 0.863. The largest absolute Gasteiger partial charge is 0.338 e. The van der Waals surface area contributed by atoms with Crippen LogP contribution in [-0.2, 0) is 6.42 Å². The molecule has 0 amide bonds. The first-order valence-electron chi connectivity index (χ1n) is 6.17. The topological polar surface area (TPSA) is 58.3 Å². The van der Waals surface area contributed by atoms with Crippen LogP contribution in [0.5, 0.6) is 0 Å². The van der Waals surface area contributed by atoms with Crippen LogP contribution in [0.15, 0.2) is 6.07 Å². The van der Waals surface area contributed by atoms with E-state index in [1.165, 1.54) is 0 Å². The average molecular weight is 272 g/mol. The Bertz CT molecular complexity index is 377. The highest BCUT2D eigenvalue weighted by Crippen LogP contribution is 2.12. The fourth-order valence-corrected chi connectivity index (χ4v) is 2.04. The van der Waals surface area contributed by atoms with Gasteiger partial charge in [-0.2, -0.15) is 0 Å². The van der Waals surface area contributed by atoms with Gasteiger partial charge in [0.15, 0.2) is 0 Å². The number of aromatic nitrogens is 2. The SMILES string of the molecule is Cc1cc(CCN)nc(N2CCN(C)CC2)n1.Cl. The van der Waals surface area contributed by atoms with Crippen molar-refractivity contribution in [3.63, 3.8) is 0 Å². The molecule has 102 valence electrons. The molecule has 18 heavy (non-hydrogen) atoms. The number of aryl methyl sites for hydroxylation is 1. The Hall–Kier alpha value is -0.910. The van der Waals surface area contributed by atoms with Crippen molar-refractivity contribution < 1.29 is 0 Å². The van der Waals surface area contributed by atoms with Crippen LogP contribution < -0.4 is 10.6 Å². The van der Waals surface area contributed by atoms with Gasteiger partial charge in [-0.05, 0) is 26.6 Å². The second-order valence-corrected chi connectivity index (χ2v) is 4.63. The average Bonchev–Trinajstić information content (AvgIpc) is 2.29. The van der Waals surface area contributed by atoms with Crippen LogP contribution in [0.1, 0.15) is 11.4 Å². The molecule has 0 unspecified atom stereocenters. The Morgan fingerprint density at radius 1 is 1.22 bits per heavy atom. The number of nitrogens with zero attached hydrogens (tertiary/aromatic N) is 4. The highest BCUT2D eigenvalue weighted by molar-refractivity contribution is 5.85. The van der Waals surface area contributed by atoms with Crippen molar-refractivity contribution >= 4 is 18.4 Å². The predicted molar refractivity (Wildman–Crippen MR) is 76.5 cm³/mol. The van der Waals surface area contributed by atoms with Gasteiger partial charge in [-0.15, -0.1) is 12.4 Å². The second kappa shape index (κ2) is 6.87. The van der Waals surface area contributed by atoms with Crippen molar-refractivity contribution in [3.8, 4) is 0 Å². The third kappa shape index (κ3) is 3.80. The standard InChI is InChI=1S/C12H21N5.ClH/c1-10-9-11(3-4-13)15-12(14-10)17-7-5-16(2)6-8-17;/h9H,3-8,13H2,1-2H3;1H. The number of piperazine rings is 1. The summed E-state index contributed by atoms with van der Waals surface area (Å²) in [6.07, 6.45) is 0.824. The lowest BCUT2D eigenvalue weighted by molar-refractivity contribution is 0.311. The number of anilines is 1. The van der Waals surface area contributed by atoms with Crippen molar-refractivity contribution in [3.05, 3.63) is 17.5 Å². The van der Waals surface area contributed by atoms with E-state index >= 15 is 0 Å². The zero-order valence-electron chi connectivity index (χ0n) is 11.1. The van der Waals surface area contributed by atoms with Crippen LogP contribution in [-0.4, -0.2) is 54.6 Å². The first-order chi connectivity index (χ1) is 8.19. The van der Waals surface area contributed by atoms with Crippen molar-refractivity contribution in [2.24, 2.45) is 5.73 Å². The summed E-state index contributed by atoms with van der Waals surface area (Å²) in [5, 5.41) is 0. The van der Waals surface area contributed by atoms with Gasteiger partial charge in [-0.25, -0.2) is 9.97 Å². The molecule has 2 N–H and O–H groups in total. The molecule has 1 aliphatic heterocycles. The van der Waals surface area contributed by atoms with Crippen LogP contribution in [0.25, 0.3) is 0 Å². The Morgan fingerprint density at radius 2 is 1.89 bits per heavy atom. The number of rotatable bonds is 3. The third-order valence-electron chi connectivity index (χ3n) is 3.08. The third-order valence-corrected chi connectivity index (χ3v) is 3.08. The molecule has 1 aromatic rings. The highest BCUT2D eigenvalue weighted by Gasteiger charge is 2.16. The number of nitrogens with two attached hydrogens (primary N) is 1. The molecule has 1 saturated heterocycles. The second-order valence-electron chi connectivity index (χ2n) is 4.63. The van der Waals surface area contributed by atoms with E-state index in [2.05, 4.69) is 26.8 Å². The molecule has 0 atom stereocenters. The summed E-state index contributed by atoms with van der Waals surface area (Å²) < 4.78 is 0. The normalized spacial score (nSPS) is 16.5. The summed E-state index contributed by atoms with van der Waals surface area (Å²) in [6, 6.07) is 2.02. The maximum absolute atomic E-state index is 5.58. The van der Waals surface area contributed by atoms with Crippen molar-refractivity contribution in [1.82, 2.24) is 14.9 Å². The summed E-state index contributed by atoms with van der Waals surface area (Å²) >= 11 is 0. The molecule has 2 rings (SSSR count). The summed E-state index contributed by atoms with van der Waals surface area (Å²) in [4.78, 5) is 13.7. The zero-order chi connectivity index (χ0) is 12.3. The van der Waals surface area contributed by atoms with Gasteiger partial charge in [-0.3, -0.25) is 0 Å². The predicted octanol–water partition coefficient (Wildman–Crippen LogP) is 0.460. The van der Waals surface area contributed by atoms with E-state index in [4.69, 9.17) is 5.73 Å². The van der Waals surface area contributed by atoms with E-state index in [9.17, 15) is 0 Å². The van der Waals surface area contributed by atoms with Crippen LogP contribution in [0.2, 0.25) is 0 Å². The Balaban J connectivity index is 0.00000162. The van der Waals surface area contributed by atoms with Gasteiger partial charge >= 0.3 is 0 Å². The fraction of sp³-hybridized carbons (Fsp3) is 0.667. The van der Waals surface area contributed by atoms with Gasteiger partial charge in [-0.1, -0.05) is 0 Å². The number of hydrogen-bond acceptors (Lipinski definition) is 5.